The number of piperidine rings is 1. The molecule has 2 aliphatic heterocycles. The Kier molecular flexibility index (Phi) is 4.14. The van der Waals surface area contributed by atoms with Crippen LogP contribution < -0.4 is 15.9 Å². The lowest BCUT2D eigenvalue weighted by molar-refractivity contribution is 0.0672. The third-order valence-corrected chi connectivity index (χ3v) is 5.05. The molecule has 7 heteroatoms. The summed E-state index contributed by atoms with van der Waals surface area (Å²) in [6.45, 7) is 0.787. The van der Waals surface area contributed by atoms with Crippen molar-refractivity contribution in [2.24, 2.45) is 0 Å². The maximum absolute atomic E-state index is 12.6. The highest BCUT2D eigenvalue weighted by Gasteiger charge is 2.39. The van der Waals surface area contributed by atoms with Crippen molar-refractivity contribution < 1.29 is 9.59 Å². The minimum absolute atomic E-state index is 0.0708. The van der Waals surface area contributed by atoms with Crippen molar-refractivity contribution in [1.82, 2.24) is 9.88 Å². The van der Waals surface area contributed by atoms with Crippen LogP contribution in [0.1, 0.15) is 41.2 Å². The maximum Gasteiger partial charge on any atom is 0.324 e. The molecule has 1 aromatic carbocycles. The van der Waals surface area contributed by atoms with E-state index in [4.69, 9.17) is 0 Å². The first-order valence-electron chi connectivity index (χ1n) is 8.37. The third-order valence-electron chi connectivity index (χ3n) is 4.71. The molecule has 0 radical (unpaired) electrons. The molecule has 2 unspecified atom stereocenters. The third kappa shape index (κ3) is 2.98. The summed E-state index contributed by atoms with van der Waals surface area (Å²) in [4.78, 5) is 31.0. The molecule has 2 atom stereocenters. The van der Waals surface area contributed by atoms with Crippen molar-refractivity contribution in [1.29, 1.82) is 0 Å². The molecule has 3 amide bonds. The molecule has 0 bridgehead atoms. The largest absolute Gasteiger partial charge is 0.331 e. The highest BCUT2D eigenvalue weighted by atomic mass is 31.0. The molecule has 1 fully saturated rings. The fourth-order valence-electron chi connectivity index (χ4n) is 3.60. The number of nitrogens with zero attached hydrogens (tertiary/aromatic N) is 2. The van der Waals surface area contributed by atoms with Gasteiger partial charge in [-0.25, -0.2) is 9.78 Å². The standard InChI is InChI=1S/C18H19N4O2P/c23-17-12-4-3-5-13(16(12)14-6-1-2-9-22(14)17)20-18(24)21-15-8-7-11(25)10-19-15/h3-5,7-8,10,14H,1-2,6,9,25H2,(H2,19,20,21,24). The summed E-state index contributed by atoms with van der Waals surface area (Å²) in [6.07, 6.45) is 4.74. The van der Waals surface area contributed by atoms with Crippen LogP contribution in [0.5, 0.6) is 0 Å². The van der Waals surface area contributed by atoms with Crippen LogP contribution in [0.25, 0.3) is 0 Å². The van der Waals surface area contributed by atoms with Gasteiger partial charge in [0.05, 0.1) is 6.04 Å². The van der Waals surface area contributed by atoms with Gasteiger partial charge < -0.3 is 10.2 Å². The fourth-order valence-corrected chi connectivity index (χ4v) is 3.77. The van der Waals surface area contributed by atoms with E-state index in [1.807, 2.05) is 29.2 Å². The van der Waals surface area contributed by atoms with Crippen LogP contribution in [-0.4, -0.2) is 28.4 Å². The van der Waals surface area contributed by atoms with E-state index >= 15 is 0 Å². The monoisotopic (exact) mass is 354 g/mol. The number of hydrogen-bond donors (Lipinski definition) is 2. The van der Waals surface area contributed by atoms with Gasteiger partial charge in [-0.15, -0.1) is 9.24 Å². The Labute approximate surface area is 148 Å². The van der Waals surface area contributed by atoms with Crippen LogP contribution in [-0.2, 0) is 0 Å². The first kappa shape index (κ1) is 16.0. The van der Waals surface area contributed by atoms with Crippen molar-refractivity contribution in [3.05, 3.63) is 47.7 Å². The lowest BCUT2D eigenvalue weighted by atomic mass is 9.96. The normalized spacial score (nSPS) is 18.5. The number of anilines is 2. The molecule has 4 rings (SSSR count). The van der Waals surface area contributed by atoms with Crippen molar-refractivity contribution in [3.63, 3.8) is 0 Å². The number of rotatable bonds is 2. The second-order valence-electron chi connectivity index (χ2n) is 6.33. The van der Waals surface area contributed by atoms with Crippen molar-refractivity contribution in [3.8, 4) is 0 Å². The van der Waals surface area contributed by atoms with Gasteiger partial charge in [-0.3, -0.25) is 10.1 Å². The molecular formula is C18H19N4O2P. The summed E-state index contributed by atoms with van der Waals surface area (Å²) in [5.41, 5.74) is 2.34. The van der Waals surface area contributed by atoms with E-state index in [2.05, 4.69) is 24.9 Å². The van der Waals surface area contributed by atoms with E-state index in [9.17, 15) is 9.59 Å². The molecule has 25 heavy (non-hydrogen) atoms. The zero-order chi connectivity index (χ0) is 17.4. The molecular weight excluding hydrogens is 335 g/mol. The molecule has 6 nitrogen and oxygen atoms in total. The summed E-state index contributed by atoms with van der Waals surface area (Å²) in [7, 11) is 2.55. The Balaban J connectivity index is 1.57. The van der Waals surface area contributed by atoms with Gasteiger partial charge in [-0.2, -0.15) is 0 Å². The van der Waals surface area contributed by atoms with Gasteiger partial charge in [0, 0.05) is 29.6 Å². The van der Waals surface area contributed by atoms with Crippen LogP contribution in [0, 0.1) is 0 Å². The zero-order valence-electron chi connectivity index (χ0n) is 13.7. The SMILES string of the molecule is O=C(Nc1ccc(P)cn1)Nc1cccc2c1C1CCCCN1C2=O. The number of urea groups is 1. The minimum atomic E-state index is -0.362. The Bertz CT molecular complexity index is 837. The molecule has 0 aliphatic carbocycles. The zero-order valence-corrected chi connectivity index (χ0v) is 14.8. The van der Waals surface area contributed by atoms with E-state index in [1.165, 1.54) is 0 Å². The molecule has 1 saturated heterocycles. The summed E-state index contributed by atoms with van der Waals surface area (Å²) in [5, 5.41) is 6.55. The maximum atomic E-state index is 12.6. The van der Waals surface area contributed by atoms with Gasteiger partial charge in [-0.05, 0) is 48.8 Å². The quantitative estimate of drug-likeness (QED) is 0.815. The molecule has 2 N–H and O–H groups in total. The van der Waals surface area contributed by atoms with Crippen LogP contribution in [0.15, 0.2) is 36.5 Å². The molecule has 2 aliphatic rings. The summed E-state index contributed by atoms with van der Waals surface area (Å²) < 4.78 is 0. The van der Waals surface area contributed by atoms with Crippen LogP contribution >= 0.6 is 9.24 Å². The number of aromatic nitrogens is 1. The topological polar surface area (TPSA) is 74.3 Å². The van der Waals surface area contributed by atoms with E-state index in [-0.39, 0.29) is 18.0 Å². The Morgan fingerprint density at radius 2 is 2.08 bits per heavy atom. The molecule has 2 aromatic rings. The van der Waals surface area contributed by atoms with Gasteiger partial charge in [0.2, 0.25) is 0 Å². The second kappa shape index (κ2) is 6.45. The van der Waals surface area contributed by atoms with Crippen LogP contribution in [0.4, 0.5) is 16.3 Å². The second-order valence-corrected chi connectivity index (χ2v) is 7.00. The Hall–Kier alpha value is -2.46. The molecule has 0 spiro atoms. The van der Waals surface area contributed by atoms with E-state index in [1.54, 1.807) is 12.3 Å². The van der Waals surface area contributed by atoms with Gasteiger partial charge in [0.1, 0.15) is 5.82 Å². The van der Waals surface area contributed by atoms with E-state index in [0.29, 0.717) is 17.1 Å². The average Bonchev–Trinajstić information content (AvgIpc) is 2.91. The number of amides is 3. The van der Waals surface area contributed by atoms with Crippen molar-refractivity contribution in [2.75, 3.05) is 17.2 Å². The number of carbonyl (C=O) groups excluding carboxylic acids is 2. The molecule has 0 saturated carbocycles. The van der Waals surface area contributed by atoms with Gasteiger partial charge in [-0.1, -0.05) is 6.07 Å². The number of pyridine rings is 1. The van der Waals surface area contributed by atoms with Gasteiger partial charge in [0.25, 0.3) is 5.91 Å². The molecule has 128 valence electrons. The minimum Gasteiger partial charge on any atom is -0.331 e. The van der Waals surface area contributed by atoms with Gasteiger partial charge in [0.15, 0.2) is 0 Å². The highest BCUT2D eigenvalue weighted by Crippen LogP contribution is 2.43. The number of benzene rings is 1. The summed E-state index contributed by atoms with van der Waals surface area (Å²) in [6, 6.07) is 8.81. The molecule has 1 aromatic heterocycles. The Morgan fingerprint density at radius 3 is 2.88 bits per heavy atom. The first-order valence-corrected chi connectivity index (χ1v) is 8.94. The number of nitrogens with one attached hydrogen (secondary N) is 2. The van der Waals surface area contributed by atoms with E-state index < -0.39 is 0 Å². The number of hydrogen-bond acceptors (Lipinski definition) is 3. The summed E-state index contributed by atoms with van der Waals surface area (Å²) in [5.74, 6) is 0.549. The number of fused-ring (bicyclic) bond motifs is 3. The molecule has 3 heterocycles. The first-order chi connectivity index (χ1) is 12.1. The van der Waals surface area contributed by atoms with Gasteiger partial charge >= 0.3 is 6.03 Å². The number of carbonyl (C=O) groups is 2. The fraction of sp³-hybridized carbons (Fsp3) is 0.278. The summed E-state index contributed by atoms with van der Waals surface area (Å²) >= 11 is 0. The smallest absolute Gasteiger partial charge is 0.324 e. The predicted molar refractivity (Wildman–Crippen MR) is 100 cm³/mol. The lowest BCUT2D eigenvalue weighted by Crippen LogP contribution is -2.32. The predicted octanol–water partition coefficient (Wildman–Crippen LogP) is 2.91. The van der Waals surface area contributed by atoms with Crippen molar-refractivity contribution >= 4 is 38.0 Å². The average molecular weight is 354 g/mol. The lowest BCUT2D eigenvalue weighted by Gasteiger charge is -2.30. The van der Waals surface area contributed by atoms with E-state index in [0.717, 1.165) is 36.7 Å². The Morgan fingerprint density at radius 1 is 1.20 bits per heavy atom. The van der Waals surface area contributed by atoms with Crippen LogP contribution in [0.2, 0.25) is 0 Å². The highest BCUT2D eigenvalue weighted by molar-refractivity contribution is 7.27. The van der Waals surface area contributed by atoms with Crippen molar-refractivity contribution in [2.45, 2.75) is 25.3 Å². The van der Waals surface area contributed by atoms with Crippen LogP contribution in [0.3, 0.4) is 0 Å².